The van der Waals surface area contributed by atoms with Crippen LogP contribution < -0.4 is 35.7 Å². The summed E-state index contributed by atoms with van der Waals surface area (Å²) in [5, 5.41) is 0. The molecule has 0 atom stereocenters. The minimum atomic E-state index is -0.0876. The Balaban J connectivity index is 1.24. The van der Waals surface area contributed by atoms with Gasteiger partial charge in [-0.15, -0.1) is 0 Å². The summed E-state index contributed by atoms with van der Waals surface area (Å²) in [6.07, 6.45) is 0. The Kier molecular flexibility index (Phi) is 6.53. The van der Waals surface area contributed by atoms with Gasteiger partial charge in [-0.1, -0.05) is 78.9 Å². The molecule has 222 valence electrons. The van der Waals surface area contributed by atoms with Gasteiger partial charge in [-0.2, -0.15) is 0 Å². The van der Waals surface area contributed by atoms with Crippen molar-refractivity contribution < 1.29 is 9.47 Å². The van der Waals surface area contributed by atoms with E-state index in [1.165, 1.54) is 0 Å². The van der Waals surface area contributed by atoms with Gasteiger partial charge in [0.2, 0.25) is 0 Å². The Morgan fingerprint density at radius 2 is 0.681 bits per heavy atom. The molecule has 2 aliphatic rings. The van der Waals surface area contributed by atoms with Gasteiger partial charge in [-0.25, -0.2) is 0 Å². The highest BCUT2D eigenvalue weighted by molar-refractivity contribution is 6.98. The fourth-order valence-electron chi connectivity index (χ4n) is 6.89. The smallest absolute Gasteiger partial charge is 0.260 e. The average molecular weight is 605 g/mol. The topological polar surface area (TPSA) is 24.9 Å². The molecule has 0 fully saturated rings. The number of fused-ring (bicyclic) bond motifs is 4. The highest BCUT2D eigenvalue weighted by Gasteiger charge is 2.40. The molecule has 0 saturated heterocycles. The number of benzene rings is 7. The zero-order chi connectivity index (χ0) is 31.2. The standard InChI is InChI=1S/C42H29BN2O2/c1-5-14-30(15-6-1)44(31-16-7-2-8-17-31)34-24-26-38-36(28-34)43-37-29-35(25-27-39(37)47-41-23-13-22-40(46-38)42(41)43)45(32-18-9-3-10-19-32)33-20-11-4-12-21-33/h1-29H. The van der Waals surface area contributed by atoms with E-state index in [9.17, 15) is 0 Å². The van der Waals surface area contributed by atoms with Crippen molar-refractivity contribution in [3.8, 4) is 23.0 Å². The van der Waals surface area contributed by atoms with E-state index in [0.29, 0.717) is 0 Å². The monoisotopic (exact) mass is 604 g/mol. The van der Waals surface area contributed by atoms with Crippen LogP contribution in [0.3, 0.4) is 0 Å². The van der Waals surface area contributed by atoms with Crippen molar-refractivity contribution in [3.05, 3.63) is 176 Å². The molecule has 2 heterocycles. The van der Waals surface area contributed by atoms with Crippen LogP contribution in [0.15, 0.2) is 176 Å². The summed E-state index contributed by atoms with van der Waals surface area (Å²) in [4.78, 5) is 4.59. The molecule has 0 unspecified atom stereocenters. The van der Waals surface area contributed by atoms with Crippen molar-refractivity contribution in [1.29, 1.82) is 0 Å². The highest BCUT2D eigenvalue weighted by atomic mass is 16.5. The lowest BCUT2D eigenvalue weighted by molar-refractivity contribution is 0.464. The number of hydrogen-bond acceptors (Lipinski definition) is 4. The number of para-hydroxylation sites is 4. The maximum Gasteiger partial charge on any atom is 0.260 e. The molecule has 5 heteroatoms. The maximum atomic E-state index is 6.59. The molecule has 0 radical (unpaired) electrons. The van der Waals surface area contributed by atoms with Crippen LogP contribution in [0.4, 0.5) is 34.1 Å². The molecule has 0 spiro atoms. The Morgan fingerprint density at radius 1 is 0.319 bits per heavy atom. The molecule has 47 heavy (non-hydrogen) atoms. The van der Waals surface area contributed by atoms with E-state index in [1.807, 2.05) is 18.2 Å². The molecule has 0 aromatic heterocycles. The Bertz CT molecular complexity index is 1980. The molecule has 0 bridgehead atoms. The Morgan fingerprint density at radius 3 is 1.04 bits per heavy atom. The predicted molar refractivity (Wildman–Crippen MR) is 193 cm³/mol. The SMILES string of the molecule is c1ccc(N(c2ccccc2)c2ccc3c(c2)B2c4cc(N(c5ccccc5)c5ccccc5)ccc4Oc4cccc(c42)O3)cc1. The molecule has 0 amide bonds. The second-order valence-corrected chi connectivity index (χ2v) is 11.8. The van der Waals surface area contributed by atoms with E-state index in [-0.39, 0.29) is 6.71 Å². The number of rotatable bonds is 6. The first-order valence-corrected chi connectivity index (χ1v) is 15.9. The molecular weight excluding hydrogens is 575 g/mol. The molecule has 4 nitrogen and oxygen atoms in total. The van der Waals surface area contributed by atoms with E-state index in [0.717, 1.165) is 73.5 Å². The summed E-state index contributed by atoms with van der Waals surface area (Å²) in [6, 6.07) is 61.2. The first kappa shape index (κ1) is 27.1. The second-order valence-electron chi connectivity index (χ2n) is 11.8. The number of anilines is 6. The fourth-order valence-corrected chi connectivity index (χ4v) is 6.89. The lowest BCUT2D eigenvalue weighted by atomic mass is 9.35. The van der Waals surface area contributed by atoms with Gasteiger partial charge in [0.05, 0.1) is 0 Å². The van der Waals surface area contributed by atoms with Gasteiger partial charge in [0.1, 0.15) is 23.0 Å². The largest absolute Gasteiger partial charge is 0.458 e. The van der Waals surface area contributed by atoms with Crippen molar-refractivity contribution in [3.63, 3.8) is 0 Å². The van der Waals surface area contributed by atoms with E-state index in [4.69, 9.17) is 9.47 Å². The van der Waals surface area contributed by atoms with Crippen LogP contribution in [0.1, 0.15) is 0 Å². The van der Waals surface area contributed by atoms with E-state index >= 15 is 0 Å². The molecule has 0 saturated carbocycles. The summed E-state index contributed by atoms with van der Waals surface area (Å²) in [7, 11) is 0. The lowest BCUT2D eigenvalue weighted by Crippen LogP contribution is -2.57. The fraction of sp³-hybridized carbons (Fsp3) is 0. The van der Waals surface area contributed by atoms with Gasteiger partial charge in [-0.3, -0.25) is 0 Å². The molecule has 2 aliphatic heterocycles. The highest BCUT2D eigenvalue weighted by Crippen LogP contribution is 2.40. The summed E-state index contributed by atoms with van der Waals surface area (Å²) in [5.41, 5.74) is 9.74. The van der Waals surface area contributed by atoms with Crippen molar-refractivity contribution in [2.75, 3.05) is 9.80 Å². The van der Waals surface area contributed by atoms with Crippen LogP contribution in [-0.2, 0) is 0 Å². The molecule has 0 aliphatic carbocycles. The van der Waals surface area contributed by atoms with Gasteiger partial charge < -0.3 is 19.3 Å². The minimum absolute atomic E-state index is 0.0876. The average Bonchev–Trinajstić information content (AvgIpc) is 3.14. The van der Waals surface area contributed by atoms with E-state index in [1.54, 1.807) is 0 Å². The number of hydrogen-bond donors (Lipinski definition) is 0. The molecular formula is C42H29BN2O2. The van der Waals surface area contributed by atoms with Crippen molar-refractivity contribution >= 4 is 57.2 Å². The first-order valence-electron chi connectivity index (χ1n) is 15.9. The van der Waals surface area contributed by atoms with Crippen LogP contribution in [0, 0.1) is 0 Å². The Labute approximate surface area is 274 Å². The molecule has 0 N–H and O–H groups in total. The minimum Gasteiger partial charge on any atom is -0.458 e. The van der Waals surface area contributed by atoms with Crippen LogP contribution in [-0.4, -0.2) is 6.71 Å². The normalized spacial score (nSPS) is 12.1. The van der Waals surface area contributed by atoms with Crippen LogP contribution in [0.2, 0.25) is 0 Å². The summed E-state index contributed by atoms with van der Waals surface area (Å²) < 4.78 is 13.2. The first-order chi connectivity index (χ1) is 23.3. The molecule has 9 rings (SSSR count). The van der Waals surface area contributed by atoms with Gasteiger partial charge >= 0.3 is 0 Å². The zero-order valence-corrected chi connectivity index (χ0v) is 25.5. The molecule has 7 aromatic carbocycles. The maximum absolute atomic E-state index is 6.59. The van der Waals surface area contributed by atoms with Crippen molar-refractivity contribution in [2.45, 2.75) is 0 Å². The van der Waals surface area contributed by atoms with Crippen LogP contribution in [0.25, 0.3) is 0 Å². The van der Waals surface area contributed by atoms with Gasteiger partial charge in [-0.05, 0) is 108 Å². The van der Waals surface area contributed by atoms with Crippen molar-refractivity contribution in [1.82, 2.24) is 0 Å². The van der Waals surface area contributed by atoms with E-state index in [2.05, 4.69) is 168 Å². The Hall–Kier alpha value is -6.20. The lowest BCUT2D eigenvalue weighted by Gasteiger charge is -2.35. The predicted octanol–water partition coefficient (Wildman–Crippen LogP) is 9.35. The van der Waals surface area contributed by atoms with Crippen LogP contribution >= 0.6 is 0 Å². The number of nitrogens with zero attached hydrogens (tertiary/aromatic N) is 2. The summed E-state index contributed by atoms with van der Waals surface area (Å²) in [5.74, 6) is 3.36. The van der Waals surface area contributed by atoms with Crippen LogP contribution in [0.5, 0.6) is 23.0 Å². The summed E-state index contributed by atoms with van der Waals surface area (Å²) >= 11 is 0. The molecule has 7 aromatic rings. The second kappa shape index (κ2) is 11.3. The van der Waals surface area contributed by atoms with Gasteiger partial charge in [0.25, 0.3) is 6.71 Å². The third kappa shape index (κ3) is 4.72. The number of ether oxygens (including phenoxy) is 2. The van der Waals surface area contributed by atoms with Gasteiger partial charge in [0.15, 0.2) is 0 Å². The quantitative estimate of drug-likeness (QED) is 0.177. The van der Waals surface area contributed by atoms with E-state index < -0.39 is 0 Å². The van der Waals surface area contributed by atoms with Gasteiger partial charge in [0, 0.05) is 39.6 Å². The zero-order valence-electron chi connectivity index (χ0n) is 25.5. The third-order valence-electron chi connectivity index (χ3n) is 8.94. The summed E-state index contributed by atoms with van der Waals surface area (Å²) in [6.45, 7) is -0.0876. The van der Waals surface area contributed by atoms with Crippen molar-refractivity contribution in [2.24, 2.45) is 0 Å². The third-order valence-corrected chi connectivity index (χ3v) is 8.94.